The Kier molecular flexibility index (Phi) is 37.8. The zero-order valence-corrected chi connectivity index (χ0v) is 40.9. The molecule has 6 unspecified atom stereocenters. The number of unbranched alkanes of at least 4 members (excludes halogenated alkanes) is 19. The Morgan fingerprint density at radius 2 is 0.846 bits per heavy atom. The van der Waals surface area contributed by atoms with E-state index in [4.69, 9.17) is 18.5 Å². The lowest BCUT2D eigenvalue weighted by Crippen LogP contribution is -2.64. The van der Waals surface area contributed by atoms with Crippen LogP contribution in [0.3, 0.4) is 0 Å². The molecule has 1 fully saturated rings. The third-order valence-electron chi connectivity index (χ3n) is 11.3. The fourth-order valence-corrected chi connectivity index (χ4v) is 8.25. The van der Waals surface area contributed by atoms with Gasteiger partial charge < -0.3 is 39.9 Å². The molecule has 0 spiro atoms. The quantitative estimate of drug-likeness (QED) is 0.0146. The summed E-state index contributed by atoms with van der Waals surface area (Å²) in [7, 11) is -5.14. The molecular weight excluding hydrogens is 852 g/mol. The molecule has 6 N–H and O–H groups in total. The molecule has 1 aliphatic rings. The number of hydrogen-bond acceptors (Lipinski definition) is 12. The Bertz CT molecular complexity index is 1370. The highest BCUT2D eigenvalue weighted by atomic mass is 31.2. The predicted octanol–water partition coefficient (Wildman–Crippen LogP) is 10.5. The number of esters is 2. The normalized spacial score (nSPS) is 21.9. The van der Waals surface area contributed by atoms with E-state index in [9.17, 15) is 44.6 Å². The van der Waals surface area contributed by atoms with E-state index in [2.05, 4.69) is 62.5 Å². The number of aliphatic hydroxyl groups is 5. The summed E-state index contributed by atoms with van der Waals surface area (Å²) in [4.78, 5) is 35.7. The molecule has 0 saturated heterocycles. The molecule has 1 saturated carbocycles. The third-order valence-corrected chi connectivity index (χ3v) is 12.3. The zero-order chi connectivity index (χ0) is 47.8. The molecule has 0 aliphatic heterocycles. The van der Waals surface area contributed by atoms with Gasteiger partial charge in [-0.3, -0.25) is 18.6 Å². The second-order valence-corrected chi connectivity index (χ2v) is 18.7. The lowest BCUT2D eigenvalue weighted by Gasteiger charge is -2.41. The molecule has 1 rings (SSSR count). The van der Waals surface area contributed by atoms with Crippen molar-refractivity contribution in [2.24, 2.45) is 0 Å². The SMILES string of the molecule is CCCCCCCCC/C=C/C/C=C/C/C=C/C/C=C/CCCC(=O)OC[C@@H](COP(=O)(O)OC1C(O)C(O)C(O)[C@H](O)C1O)OC(=O)CCCC/C=C/CCCCCCCCCCC. The first kappa shape index (κ1) is 60.6. The van der Waals surface area contributed by atoms with Crippen LogP contribution in [0.25, 0.3) is 0 Å². The van der Waals surface area contributed by atoms with E-state index in [1.807, 2.05) is 12.2 Å². The summed E-state index contributed by atoms with van der Waals surface area (Å²) in [6.07, 6.45) is 37.1. The van der Waals surface area contributed by atoms with Crippen LogP contribution in [0.4, 0.5) is 0 Å². The maximum Gasteiger partial charge on any atom is 0.472 e. The molecule has 65 heavy (non-hydrogen) atoms. The maximum atomic E-state index is 12.8. The smallest absolute Gasteiger partial charge is 0.462 e. The highest BCUT2D eigenvalue weighted by molar-refractivity contribution is 7.47. The van der Waals surface area contributed by atoms with Crippen LogP contribution in [0.2, 0.25) is 0 Å². The first-order valence-corrected chi connectivity index (χ1v) is 26.6. The van der Waals surface area contributed by atoms with Gasteiger partial charge in [0, 0.05) is 12.8 Å². The number of phosphoric acid groups is 1. The Morgan fingerprint density at radius 3 is 1.32 bits per heavy atom. The zero-order valence-electron chi connectivity index (χ0n) is 40.0. The van der Waals surface area contributed by atoms with Crippen molar-refractivity contribution >= 4 is 19.8 Å². The number of allylic oxidation sites excluding steroid dienone is 10. The summed E-state index contributed by atoms with van der Waals surface area (Å²) in [5.41, 5.74) is 0. The minimum atomic E-state index is -5.14. The van der Waals surface area contributed by atoms with Crippen LogP contribution >= 0.6 is 7.82 Å². The second-order valence-electron chi connectivity index (χ2n) is 17.3. The van der Waals surface area contributed by atoms with Crippen molar-refractivity contribution < 1.29 is 63.1 Å². The molecule has 14 heteroatoms. The van der Waals surface area contributed by atoms with E-state index in [0.717, 1.165) is 51.4 Å². The number of rotatable bonds is 41. The van der Waals surface area contributed by atoms with Crippen LogP contribution in [-0.4, -0.2) is 98.3 Å². The molecule has 0 aromatic heterocycles. The van der Waals surface area contributed by atoms with Gasteiger partial charge in [-0.15, -0.1) is 0 Å². The Labute approximate surface area is 392 Å². The lowest BCUT2D eigenvalue weighted by atomic mass is 9.85. The van der Waals surface area contributed by atoms with Crippen molar-refractivity contribution in [3.63, 3.8) is 0 Å². The van der Waals surface area contributed by atoms with Gasteiger partial charge in [0.15, 0.2) is 6.10 Å². The molecule has 0 heterocycles. The molecule has 0 bridgehead atoms. The van der Waals surface area contributed by atoms with Gasteiger partial charge >= 0.3 is 19.8 Å². The fourth-order valence-electron chi connectivity index (χ4n) is 7.27. The van der Waals surface area contributed by atoms with E-state index in [0.29, 0.717) is 19.3 Å². The van der Waals surface area contributed by atoms with Gasteiger partial charge in [0.1, 0.15) is 43.2 Å². The van der Waals surface area contributed by atoms with Crippen LogP contribution in [0, 0.1) is 0 Å². The lowest BCUT2D eigenvalue weighted by molar-refractivity contribution is -0.220. The average molecular weight is 941 g/mol. The summed E-state index contributed by atoms with van der Waals surface area (Å²) in [5, 5.41) is 50.2. The summed E-state index contributed by atoms with van der Waals surface area (Å²) < 4.78 is 33.5. The summed E-state index contributed by atoms with van der Waals surface area (Å²) >= 11 is 0. The number of phosphoric ester groups is 1. The van der Waals surface area contributed by atoms with Crippen LogP contribution < -0.4 is 0 Å². The number of aliphatic hydroxyl groups excluding tert-OH is 5. The number of ether oxygens (including phenoxy) is 2. The molecule has 0 radical (unpaired) electrons. The summed E-state index contributed by atoms with van der Waals surface area (Å²) in [6.45, 7) is 3.24. The number of hydrogen-bond donors (Lipinski definition) is 6. The third kappa shape index (κ3) is 32.8. The average Bonchev–Trinajstić information content (AvgIpc) is 3.29. The van der Waals surface area contributed by atoms with Gasteiger partial charge in [-0.2, -0.15) is 0 Å². The van der Waals surface area contributed by atoms with Crippen LogP contribution in [0.5, 0.6) is 0 Å². The molecule has 8 atom stereocenters. The Morgan fingerprint density at radius 1 is 0.477 bits per heavy atom. The minimum Gasteiger partial charge on any atom is -0.462 e. The minimum absolute atomic E-state index is 0.0532. The highest BCUT2D eigenvalue weighted by Crippen LogP contribution is 2.47. The molecule has 0 aromatic rings. The molecule has 376 valence electrons. The molecule has 0 amide bonds. The van der Waals surface area contributed by atoms with Crippen molar-refractivity contribution in [3.05, 3.63) is 60.8 Å². The van der Waals surface area contributed by atoms with Crippen molar-refractivity contribution in [1.82, 2.24) is 0 Å². The van der Waals surface area contributed by atoms with Gasteiger partial charge in [0.2, 0.25) is 0 Å². The summed E-state index contributed by atoms with van der Waals surface area (Å²) in [6, 6.07) is 0. The molecular formula is C51H89O13P. The fraction of sp³-hybridized carbons (Fsp3) is 0.765. The van der Waals surface area contributed by atoms with Gasteiger partial charge in [-0.05, 0) is 77.0 Å². The van der Waals surface area contributed by atoms with Crippen molar-refractivity contribution in [3.8, 4) is 0 Å². The largest absolute Gasteiger partial charge is 0.472 e. The standard InChI is InChI=1S/C51H89O13P/c1-3-5-7-9-11-13-15-17-19-20-21-22-23-24-26-27-29-31-33-35-37-39-44(52)61-41-43(42-62-65(59,60)64-51-49(57)47(55)46(54)48(56)50(51)58)63-45(53)40-38-36-34-32-30-28-25-18-16-14-12-10-8-6-4-2/h19-20,22-23,26-27,30-33,43,46-51,54-58H,3-18,21,24-25,28-29,34-42H2,1-2H3,(H,59,60)/b20-19+,23-22+,27-26+,32-30+,33-31+/t43-,46?,47-,48?,49?,50?,51?/m0/s1. The first-order chi connectivity index (χ1) is 31.4. The maximum absolute atomic E-state index is 12.8. The van der Waals surface area contributed by atoms with Crippen molar-refractivity contribution in [2.45, 2.75) is 236 Å². The highest BCUT2D eigenvalue weighted by Gasteiger charge is 2.51. The molecule has 0 aromatic carbocycles. The van der Waals surface area contributed by atoms with Gasteiger partial charge in [0.25, 0.3) is 0 Å². The van der Waals surface area contributed by atoms with Crippen molar-refractivity contribution in [1.29, 1.82) is 0 Å². The molecule has 1 aliphatic carbocycles. The van der Waals surface area contributed by atoms with E-state index in [-0.39, 0.29) is 12.8 Å². The van der Waals surface area contributed by atoms with Gasteiger partial charge in [-0.25, -0.2) is 4.57 Å². The van der Waals surface area contributed by atoms with Crippen LogP contribution in [0.15, 0.2) is 60.8 Å². The van der Waals surface area contributed by atoms with Crippen molar-refractivity contribution in [2.75, 3.05) is 13.2 Å². The van der Waals surface area contributed by atoms with E-state index < -0.39 is 75.7 Å². The monoisotopic (exact) mass is 941 g/mol. The number of carbonyl (C=O) groups is 2. The predicted molar refractivity (Wildman–Crippen MR) is 258 cm³/mol. The Hall–Kier alpha value is -2.45. The first-order valence-electron chi connectivity index (χ1n) is 25.1. The topological polar surface area (TPSA) is 210 Å². The van der Waals surface area contributed by atoms with Gasteiger partial charge in [-0.1, -0.05) is 164 Å². The van der Waals surface area contributed by atoms with Crippen LogP contribution in [0.1, 0.15) is 194 Å². The summed E-state index contributed by atoms with van der Waals surface area (Å²) in [5.74, 6) is -1.19. The van der Waals surface area contributed by atoms with Gasteiger partial charge in [0.05, 0.1) is 6.61 Å². The van der Waals surface area contributed by atoms with E-state index >= 15 is 0 Å². The molecule has 13 nitrogen and oxygen atoms in total. The van der Waals surface area contributed by atoms with E-state index in [1.165, 1.54) is 96.3 Å². The second kappa shape index (κ2) is 40.6. The van der Waals surface area contributed by atoms with E-state index in [1.54, 1.807) is 0 Å². The Balaban J connectivity index is 2.47. The van der Waals surface area contributed by atoms with Crippen LogP contribution in [-0.2, 0) is 32.7 Å². The number of carbonyl (C=O) groups excluding carboxylic acids is 2.